The molecule has 188 valence electrons. The van der Waals surface area contributed by atoms with E-state index in [0.717, 1.165) is 11.3 Å². The number of fused-ring (bicyclic) bond motifs is 3. The van der Waals surface area contributed by atoms with Crippen molar-refractivity contribution in [1.82, 2.24) is 0 Å². The van der Waals surface area contributed by atoms with Crippen LogP contribution in [0.4, 0.5) is 5.69 Å². The minimum atomic E-state index is -2.68. The maximum atomic E-state index is 13.8. The van der Waals surface area contributed by atoms with E-state index in [9.17, 15) is 39.3 Å². The number of carbonyl (C=O) groups excluding carboxylic acids is 5. The van der Waals surface area contributed by atoms with Gasteiger partial charge in [-0.15, -0.1) is 0 Å². The monoisotopic (exact) mass is 512 g/mol. The van der Waals surface area contributed by atoms with Crippen LogP contribution in [0.2, 0.25) is 0 Å². The van der Waals surface area contributed by atoms with Gasteiger partial charge in [-0.25, -0.2) is 0 Å². The minimum Gasteiger partial charge on any atom is -0.506 e. The third-order valence-electron chi connectivity index (χ3n) is 7.72. The lowest BCUT2D eigenvalue weighted by Crippen LogP contribution is -2.68. The number of thiophene rings is 1. The van der Waals surface area contributed by atoms with E-state index in [-0.39, 0.29) is 35.6 Å². The lowest BCUT2D eigenvalue weighted by Gasteiger charge is -2.48. The first-order chi connectivity index (χ1) is 16.9. The smallest absolute Gasteiger partial charge is 0.235 e. The first-order valence-corrected chi connectivity index (χ1v) is 12.2. The summed E-state index contributed by atoms with van der Waals surface area (Å²) >= 11 is 1.01. The SMILES string of the molecule is CN(C)c1cc(-c2ccc(O)s2)c(O)c2c1C[C@H]1C[C@H]3CC(=O)C(C(N)=O)C(=O)[C@@]3(O)C(=O)C1C2=O. The van der Waals surface area contributed by atoms with E-state index in [2.05, 4.69) is 0 Å². The fourth-order valence-corrected chi connectivity index (χ4v) is 6.84. The summed E-state index contributed by atoms with van der Waals surface area (Å²) in [6.07, 6.45) is -0.142. The Labute approximate surface area is 209 Å². The summed E-state index contributed by atoms with van der Waals surface area (Å²) in [5, 5.41) is 32.3. The number of Topliss-reactive ketones (excluding diaryl/α,β-unsaturated/α-hetero) is 4. The van der Waals surface area contributed by atoms with Crippen molar-refractivity contribution in [2.24, 2.45) is 29.4 Å². The molecule has 5 atom stereocenters. The van der Waals surface area contributed by atoms with Gasteiger partial charge < -0.3 is 26.0 Å². The quantitative estimate of drug-likeness (QED) is 0.434. The third-order valence-corrected chi connectivity index (χ3v) is 8.64. The van der Waals surface area contributed by atoms with Crippen molar-refractivity contribution >= 4 is 46.1 Å². The second kappa shape index (κ2) is 7.97. The van der Waals surface area contributed by atoms with E-state index in [0.29, 0.717) is 21.7 Å². The summed E-state index contributed by atoms with van der Waals surface area (Å²) in [5.74, 6) is -10.5. The van der Waals surface area contributed by atoms with Crippen LogP contribution in [-0.2, 0) is 25.6 Å². The molecule has 2 saturated carbocycles. The predicted octanol–water partition coefficient (Wildman–Crippen LogP) is 0.827. The zero-order chi connectivity index (χ0) is 26.3. The number of carbonyl (C=O) groups is 5. The second-order valence-corrected chi connectivity index (χ2v) is 11.0. The number of nitrogens with two attached hydrogens (primary N) is 1. The van der Waals surface area contributed by atoms with Gasteiger partial charge in [0.25, 0.3) is 0 Å². The Morgan fingerprint density at radius 1 is 1.11 bits per heavy atom. The van der Waals surface area contributed by atoms with Crippen molar-refractivity contribution in [1.29, 1.82) is 0 Å². The number of primary amides is 1. The molecule has 3 aliphatic rings. The van der Waals surface area contributed by atoms with Gasteiger partial charge in [-0.3, -0.25) is 24.0 Å². The number of aromatic hydroxyl groups is 2. The molecule has 5 N–H and O–H groups in total. The molecule has 10 nitrogen and oxygen atoms in total. The number of hydrogen-bond donors (Lipinski definition) is 4. The number of aliphatic hydroxyl groups is 1. The van der Waals surface area contributed by atoms with Crippen LogP contribution in [0.1, 0.15) is 28.8 Å². The van der Waals surface area contributed by atoms with Gasteiger partial charge in [-0.1, -0.05) is 11.3 Å². The standard InChI is InChI=1S/C25H24N2O8S/c1-27(2)13-8-12(15-3-4-16(29)36-15)20(30)18-11(13)6-9-5-10-7-14(28)19(24(26)34)23(33)25(10,35)22(32)17(9)21(18)31/h3-4,8-10,17,19,29-30,35H,5-7H2,1-2H3,(H2,26,34)/t9-,10+,17?,19?,25+/m1/s1. The molecule has 0 radical (unpaired) electrons. The summed E-state index contributed by atoms with van der Waals surface area (Å²) in [5.41, 5.74) is 3.90. The summed E-state index contributed by atoms with van der Waals surface area (Å²) in [6.45, 7) is 0. The van der Waals surface area contributed by atoms with Gasteiger partial charge in [0.1, 0.15) is 5.75 Å². The Morgan fingerprint density at radius 2 is 1.81 bits per heavy atom. The molecule has 0 spiro atoms. The molecule has 1 heterocycles. The molecule has 0 saturated heterocycles. The Hall–Kier alpha value is -3.57. The van der Waals surface area contributed by atoms with E-state index in [4.69, 9.17) is 5.73 Å². The van der Waals surface area contributed by atoms with E-state index < -0.39 is 58.3 Å². The molecule has 2 aromatic rings. The summed E-state index contributed by atoms with van der Waals surface area (Å²) in [6, 6.07) is 4.76. The number of rotatable bonds is 3. The van der Waals surface area contributed by atoms with Crippen molar-refractivity contribution < 1.29 is 39.3 Å². The highest BCUT2D eigenvalue weighted by Crippen LogP contribution is 2.53. The molecule has 3 aliphatic carbocycles. The van der Waals surface area contributed by atoms with Crippen LogP contribution in [-0.4, -0.2) is 64.1 Å². The molecule has 11 heteroatoms. The average molecular weight is 513 g/mol. The summed E-state index contributed by atoms with van der Waals surface area (Å²) in [4.78, 5) is 67.0. The Morgan fingerprint density at radius 3 is 2.39 bits per heavy atom. The normalized spacial score (nSPS) is 29.4. The van der Waals surface area contributed by atoms with Crippen LogP contribution in [0, 0.1) is 23.7 Å². The molecule has 0 aliphatic heterocycles. The molecule has 1 amide bonds. The lowest BCUT2D eigenvalue weighted by atomic mass is 9.53. The molecule has 5 rings (SSSR count). The van der Waals surface area contributed by atoms with Crippen molar-refractivity contribution in [2.45, 2.75) is 24.9 Å². The number of nitrogens with zero attached hydrogens (tertiary/aromatic N) is 1. The number of phenols is 1. The Bertz CT molecular complexity index is 1380. The summed E-state index contributed by atoms with van der Waals surface area (Å²) < 4.78 is 0. The fraction of sp³-hybridized carbons (Fsp3) is 0.400. The number of phenolic OH excluding ortho intramolecular Hbond substituents is 1. The maximum absolute atomic E-state index is 13.8. The minimum absolute atomic E-state index is 0.0185. The van der Waals surface area contributed by atoms with Crippen LogP contribution < -0.4 is 10.6 Å². The van der Waals surface area contributed by atoms with Gasteiger partial charge in [0.2, 0.25) is 5.91 Å². The van der Waals surface area contributed by atoms with Crippen LogP contribution in [0.25, 0.3) is 10.4 Å². The Kier molecular flexibility index (Phi) is 5.34. The lowest BCUT2D eigenvalue weighted by molar-refractivity contribution is -0.175. The highest BCUT2D eigenvalue weighted by atomic mass is 32.1. The molecule has 1 aromatic carbocycles. The van der Waals surface area contributed by atoms with E-state index in [1.54, 1.807) is 31.1 Å². The zero-order valence-corrected chi connectivity index (χ0v) is 20.3. The van der Waals surface area contributed by atoms with Gasteiger partial charge in [0.05, 0.1) is 11.5 Å². The van der Waals surface area contributed by atoms with E-state index in [1.165, 1.54) is 6.07 Å². The van der Waals surface area contributed by atoms with Crippen molar-refractivity contribution in [3.05, 3.63) is 29.3 Å². The highest BCUT2D eigenvalue weighted by Gasteiger charge is 2.66. The van der Waals surface area contributed by atoms with Gasteiger partial charge in [0, 0.05) is 42.6 Å². The van der Waals surface area contributed by atoms with Crippen LogP contribution >= 0.6 is 11.3 Å². The van der Waals surface area contributed by atoms with Crippen molar-refractivity contribution in [2.75, 3.05) is 19.0 Å². The van der Waals surface area contributed by atoms with Crippen molar-refractivity contribution in [3.63, 3.8) is 0 Å². The van der Waals surface area contributed by atoms with Crippen molar-refractivity contribution in [3.8, 4) is 21.3 Å². The van der Waals surface area contributed by atoms with Crippen LogP contribution in [0.15, 0.2) is 18.2 Å². The molecular formula is C25H24N2O8S. The van der Waals surface area contributed by atoms with Crippen LogP contribution in [0.5, 0.6) is 10.8 Å². The van der Waals surface area contributed by atoms with Gasteiger partial charge in [0.15, 0.2) is 39.7 Å². The van der Waals surface area contributed by atoms with E-state index >= 15 is 0 Å². The molecule has 2 unspecified atom stereocenters. The maximum Gasteiger partial charge on any atom is 0.235 e. The highest BCUT2D eigenvalue weighted by molar-refractivity contribution is 7.17. The number of amides is 1. The molecule has 2 fully saturated rings. The number of hydrogen-bond acceptors (Lipinski definition) is 10. The molecule has 1 aromatic heterocycles. The molecule has 0 bridgehead atoms. The van der Waals surface area contributed by atoms with E-state index in [1.807, 2.05) is 0 Å². The van der Waals surface area contributed by atoms with Gasteiger partial charge in [-0.2, -0.15) is 0 Å². The summed E-state index contributed by atoms with van der Waals surface area (Å²) in [7, 11) is 3.54. The number of anilines is 1. The third kappa shape index (κ3) is 3.15. The largest absolute Gasteiger partial charge is 0.506 e. The number of ketones is 4. The fourth-order valence-electron chi connectivity index (χ4n) is 6.07. The second-order valence-electron chi connectivity index (χ2n) is 9.92. The first kappa shape index (κ1) is 24.1. The Balaban J connectivity index is 1.66. The average Bonchev–Trinajstić information content (AvgIpc) is 3.21. The predicted molar refractivity (Wildman–Crippen MR) is 128 cm³/mol. The van der Waals surface area contributed by atoms with Crippen LogP contribution in [0.3, 0.4) is 0 Å². The van der Waals surface area contributed by atoms with Gasteiger partial charge in [-0.05, 0) is 42.5 Å². The molecule has 36 heavy (non-hydrogen) atoms. The zero-order valence-electron chi connectivity index (χ0n) is 19.5. The molecular weight excluding hydrogens is 488 g/mol. The van der Waals surface area contributed by atoms with Gasteiger partial charge >= 0.3 is 0 Å². The number of benzene rings is 1. The first-order valence-electron chi connectivity index (χ1n) is 11.4. The topological polar surface area (TPSA) is 175 Å².